The molecule has 1 aliphatic carbocycles. The highest BCUT2D eigenvalue weighted by Crippen LogP contribution is 2.33. The monoisotopic (exact) mass is 399 g/mol. The van der Waals surface area contributed by atoms with E-state index in [-0.39, 0.29) is 12.5 Å². The topological polar surface area (TPSA) is 78.5 Å². The van der Waals surface area contributed by atoms with E-state index in [2.05, 4.69) is 16.7 Å². The smallest absolute Gasteiger partial charge is 0.324 e. The number of amides is 4. The fourth-order valence-corrected chi connectivity index (χ4v) is 4.51. The summed E-state index contributed by atoms with van der Waals surface area (Å²) in [6.07, 6.45) is 1.71. The van der Waals surface area contributed by atoms with Crippen LogP contribution in [0.4, 0.5) is 10.5 Å². The van der Waals surface area contributed by atoms with Crippen molar-refractivity contribution in [3.63, 3.8) is 0 Å². The number of imide groups is 1. The van der Waals surface area contributed by atoms with E-state index < -0.39 is 17.5 Å². The summed E-state index contributed by atoms with van der Waals surface area (Å²) in [5.41, 5.74) is 1.98. The Bertz CT molecular complexity index is 1180. The first-order valence-corrected chi connectivity index (χ1v) is 10.0. The summed E-state index contributed by atoms with van der Waals surface area (Å²) < 4.78 is 0. The van der Waals surface area contributed by atoms with Crippen LogP contribution in [0.3, 0.4) is 0 Å². The number of carbonyl (C=O) groups excluding carboxylic acids is 3. The van der Waals surface area contributed by atoms with E-state index in [0.29, 0.717) is 18.5 Å². The maximum atomic E-state index is 13.2. The molecule has 1 atom stereocenters. The molecule has 1 heterocycles. The molecule has 0 unspecified atom stereocenters. The SMILES string of the molecule is O=C(CN1C(=O)N[C@]2(CCc3ccccc3C2)C1=O)Nc1cccc2ccccc12. The molecule has 1 saturated heterocycles. The predicted octanol–water partition coefficient (Wildman–Crippen LogP) is 3.26. The van der Waals surface area contributed by atoms with Gasteiger partial charge in [0.25, 0.3) is 5.91 Å². The first kappa shape index (κ1) is 18.4. The van der Waals surface area contributed by atoms with E-state index in [0.717, 1.165) is 27.7 Å². The number of hydrogen-bond donors (Lipinski definition) is 2. The minimum absolute atomic E-state index is 0.308. The summed E-state index contributed by atoms with van der Waals surface area (Å²) in [6.45, 7) is -0.308. The lowest BCUT2D eigenvalue weighted by atomic mass is 9.78. The molecule has 6 nitrogen and oxygen atoms in total. The minimum atomic E-state index is -0.953. The van der Waals surface area contributed by atoms with Crippen LogP contribution in [0, 0.1) is 0 Å². The lowest BCUT2D eigenvalue weighted by Crippen LogP contribution is -2.51. The van der Waals surface area contributed by atoms with Crippen LogP contribution >= 0.6 is 0 Å². The van der Waals surface area contributed by atoms with Crippen molar-refractivity contribution in [2.45, 2.75) is 24.8 Å². The minimum Gasteiger partial charge on any atom is -0.324 e. The molecule has 1 fully saturated rings. The van der Waals surface area contributed by atoms with Crippen molar-refractivity contribution in [1.82, 2.24) is 10.2 Å². The molecule has 2 N–H and O–H groups in total. The van der Waals surface area contributed by atoms with Crippen molar-refractivity contribution in [2.75, 3.05) is 11.9 Å². The van der Waals surface area contributed by atoms with Gasteiger partial charge in [-0.25, -0.2) is 4.79 Å². The van der Waals surface area contributed by atoms with Gasteiger partial charge in [-0.2, -0.15) is 0 Å². The molecule has 30 heavy (non-hydrogen) atoms. The Morgan fingerprint density at radius 3 is 2.57 bits per heavy atom. The average Bonchev–Trinajstić information content (AvgIpc) is 2.98. The molecule has 5 rings (SSSR count). The van der Waals surface area contributed by atoms with Gasteiger partial charge in [0.05, 0.1) is 0 Å². The van der Waals surface area contributed by atoms with E-state index in [1.165, 1.54) is 5.56 Å². The molecule has 1 aliphatic heterocycles. The third kappa shape index (κ3) is 3.01. The molecular weight excluding hydrogens is 378 g/mol. The number of nitrogens with zero attached hydrogens (tertiary/aromatic N) is 1. The number of anilines is 1. The van der Waals surface area contributed by atoms with Crippen LogP contribution < -0.4 is 10.6 Å². The molecule has 3 aromatic rings. The van der Waals surface area contributed by atoms with Crippen LogP contribution in [0.5, 0.6) is 0 Å². The number of aryl methyl sites for hydroxylation is 1. The van der Waals surface area contributed by atoms with E-state index in [1.807, 2.05) is 60.7 Å². The Kier molecular flexibility index (Phi) is 4.28. The molecular formula is C24H21N3O3. The molecule has 0 saturated carbocycles. The van der Waals surface area contributed by atoms with Gasteiger partial charge in [0, 0.05) is 17.5 Å². The van der Waals surface area contributed by atoms with Gasteiger partial charge >= 0.3 is 6.03 Å². The molecule has 150 valence electrons. The van der Waals surface area contributed by atoms with E-state index in [1.54, 1.807) is 0 Å². The summed E-state index contributed by atoms with van der Waals surface area (Å²) in [5, 5.41) is 7.63. The van der Waals surface area contributed by atoms with Crippen molar-refractivity contribution >= 4 is 34.3 Å². The number of fused-ring (bicyclic) bond motifs is 2. The fraction of sp³-hybridized carbons (Fsp3) is 0.208. The largest absolute Gasteiger partial charge is 0.325 e. The van der Waals surface area contributed by atoms with Crippen LogP contribution in [-0.2, 0) is 22.4 Å². The Hall–Kier alpha value is -3.67. The average molecular weight is 399 g/mol. The van der Waals surface area contributed by atoms with Gasteiger partial charge in [-0.1, -0.05) is 60.7 Å². The van der Waals surface area contributed by atoms with Crippen LogP contribution in [0.15, 0.2) is 66.7 Å². The molecule has 2 aliphatic rings. The number of benzene rings is 3. The third-order valence-corrected chi connectivity index (χ3v) is 6.04. The van der Waals surface area contributed by atoms with E-state index in [9.17, 15) is 14.4 Å². The summed E-state index contributed by atoms with van der Waals surface area (Å²) in [7, 11) is 0. The normalized spacial score (nSPS) is 20.3. The Morgan fingerprint density at radius 2 is 1.70 bits per heavy atom. The van der Waals surface area contributed by atoms with Crippen LogP contribution in [0.2, 0.25) is 0 Å². The predicted molar refractivity (Wildman–Crippen MR) is 114 cm³/mol. The lowest BCUT2D eigenvalue weighted by Gasteiger charge is -2.32. The third-order valence-electron chi connectivity index (χ3n) is 6.04. The quantitative estimate of drug-likeness (QED) is 0.664. The number of nitrogens with one attached hydrogen (secondary N) is 2. The second-order valence-electron chi connectivity index (χ2n) is 7.92. The van der Waals surface area contributed by atoms with Gasteiger partial charge in [0.1, 0.15) is 12.1 Å². The molecule has 6 heteroatoms. The van der Waals surface area contributed by atoms with E-state index in [4.69, 9.17) is 0 Å². The zero-order chi connectivity index (χ0) is 20.7. The first-order valence-electron chi connectivity index (χ1n) is 10.0. The van der Waals surface area contributed by atoms with Gasteiger partial charge in [-0.05, 0) is 35.4 Å². The Labute approximate surface area is 173 Å². The van der Waals surface area contributed by atoms with Gasteiger partial charge in [0.15, 0.2) is 0 Å². The summed E-state index contributed by atoms with van der Waals surface area (Å²) in [4.78, 5) is 39.5. The van der Waals surface area contributed by atoms with Gasteiger partial charge in [-0.3, -0.25) is 14.5 Å². The molecule has 1 spiro atoms. The zero-order valence-electron chi connectivity index (χ0n) is 16.4. The number of hydrogen-bond acceptors (Lipinski definition) is 3. The maximum absolute atomic E-state index is 13.2. The second-order valence-corrected chi connectivity index (χ2v) is 7.92. The standard InChI is InChI=1S/C24H21N3O3/c28-21(25-20-11-5-9-17-7-3-4-10-19(17)20)15-27-22(29)24(26-23(27)30)13-12-16-6-1-2-8-18(16)14-24/h1-11H,12-15H2,(H,25,28)(H,26,30)/t24-/m0/s1. The molecule has 4 amide bonds. The highest BCUT2D eigenvalue weighted by atomic mass is 16.2. The lowest BCUT2D eigenvalue weighted by molar-refractivity contribution is -0.134. The van der Waals surface area contributed by atoms with Gasteiger partial charge in [-0.15, -0.1) is 0 Å². The molecule has 3 aromatic carbocycles. The fourth-order valence-electron chi connectivity index (χ4n) is 4.51. The van der Waals surface area contributed by atoms with Crippen LogP contribution in [0.1, 0.15) is 17.5 Å². The zero-order valence-corrected chi connectivity index (χ0v) is 16.4. The maximum Gasteiger partial charge on any atom is 0.325 e. The summed E-state index contributed by atoms with van der Waals surface area (Å²) in [6, 6.07) is 20.8. The van der Waals surface area contributed by atoms with Gasteiger partial charge in [0.2, 0.25) is 5.91 Å². The summed E-state index contributed by atoms with van der Waals surface area (Å²) in [5.74, 6) is -0.724. The number of rotatable bonds is 3. The van der Waals surface area contributed by atoms with Crippen molar-refractivity contribution in [3.05, 3.63) is 77.9 Å². The number of urea groups is 1. The summed E-state index contributed by atoms with van der Waals surface area (Å²) >= 11 is 0. The van der Waals surface area contributed by atoms with E-state index >= 15 is 0 Å². The molecule has 0 bridgehead atoms. The van der Waals surface area contributed by atoms with Crippen molar-refractivity contribution in [1.29, 1.82) is 0 Å². The first-order chi connectivity index (χ1) is 14.6. The van der Waals surface area contributed by atoms with Crippen LogP contribution in [-0.4, -0.2) is 34.8 Å². The van der Waals surface area contributed by atoms with Crippen LogP contribution in [0.25, 0.3) is 10.8 Å². The molecule has 0 aromatic heterocycles. The highest BCUT2D eigenvalue weighted by Gasteiger charge is 2.52. The Morgan fingerprint density at radius 1 is 0.967 bits per heavy atom. The van der Waals surface area contributed by atoms with Crippen molar-refractivity contribution < 1.29 is 14.4 Å². The molecule has 0 radical (unpaired) electrons. The highest BCUT2D eigenvalue weighted by molar-refractivity contribution is 6.11. The number of carbonyl (C=O) groups is 3. The van der Waals surface area contributed by atoms with Gasteiger partial charge < -0.3 is 10.6 Å². The van der Waals surface area contributed by atoms with Crippen molar-refractivity contribution in [2.24, 2.45) is 0 Å². The van der Waals surface area contributed by atoms with Crippen molar-refractivity contribution in [3.8, 4) is 0 Å². The second kappa shape index (κ2) is 6.99. The Balaban J connectivity index is 1.34.